The number of hydrogen-bond donors (Lipinski definition) is 1. The molecule has 5 heteroatoms. The van der Waals surface area contributed by atoms with Gasteiger partial charge in [0.25, 0.3) is 0 Å². The van der Waals surface area contributed by atoms with E-state index in [1.54, 1.807) is 0 Å². The molecule has 0 saturated heterocycles. The maximum atomic E-state index is 11.7. The average molecular weight is 359 g/mol. The van der Waals surface area contributed by atoms with E-state index in [0.29, 0.717) is 0 Å². The van der Waals surface area contributed by atoms with E-state index in [1.807, 2.05) is 79.2 Å². The molecule has 0 radical (unpaired) electrons. The third kappa shape index (κ3) is 5.23. The van der Waals surface area contributed by atoms with Crippen molar-refractivity contribution in [3.8, 4) is 17.5 Å². The van der Waals surface area contributed by atoms with E-state index in [0.717, 1.165) is 28.2 Å². The number of alkyl carbamates (subject to hydrolysis) is 1. The second kappa shape index (κ2) is 8.72. The molecular weight excluding hydrogens is 338 g/mol. The molecule has 27 heavy (non-hydrogen) atoms. The predicted molar refractivity (Wildman–Crippen MR) is 105 cm³/mol. The van der Waals surface area contributed by atoms with Gasteiger partial charge < -0.3 is 10.1 Å². The van der Waals surface area contributed by atoms with Gasteiger partial charge in [0.2, 0.25) is 0 Å². The van der Waals surface area contributed by atoms with Crippen LogP contribution in [-0.4, -0.2) is 22.4 Å². The summed E-state index contributed by atoms with van der Waals surface area (Å²) in [5.41, 5.74) is 4.81. The zero-order valence-corrected chi connectivity index (χ0v) is 15.4. The molecule has 0 aliphatic carbocycles. The van der Waals surface area contributed by atoms with Crippen LogP contribution in [-0.2, 0) is 11.3 Å². The molecule has 0 bridgehead atoms. The molecule has 3 aromatic rings. The number of carbonyl (C=O) groups is 1. The number of rotatable bonds is 4. The summed E-state index contributed by atoms with van der Waals surface area (Å²) in [5, 5.41) is 7.11. The summed E-state index contributed by atoms with van der Waals surface area (Å²) in [4.78, 5) is 11.7. The average Bonchev–Trinajstić information content (AvgIpc) is 3.03. The maximum absolute atomic E-state index is 11.7. The molecule has 0 aliphatic heterocycles. The number of ether oxygens (including phenoxy) is 1. The van der Waals surface area contributed by atoms with Gasteiger partial charge in [-0.05, 0) is 43.7 Å². The first kappa shape index (κ1) is 18.3. The Morgan fingerprint density at radius 2 is 1.93 bits per heavy atom. The minimum atomic E-state index is -0.482. The van der Waals surface area contributed by atoms with E-state index in [-0.39, 0.29) is 13.2 Å². The second-order valence-electron chi connectivity index (χ2n) is 6.11. The van der Waals surface area contributed by atoms with Gasteiger partial charge >= 0.3 is 6.09 Å². The van der Waals surface area contributed by atoms with Gasteiger partial charge in [0.05, 0.1) is 17.9 Å². The highest BCUT2D eigenvalue weighted by atomic mass is 16.5. The summed E-state index contributed by atoms with van der Waals surface area (Å²) in [5.74, 6) is 5.99. The van der Waals surface area contributed by atoms with Crippen LogP contribution in [0.3, 0.4) is 0 Å². The fourth-order valence-corrected chi connectivity index (χ4v) is 2.64. The third-order valence-corrected chi connectivity index (χ3v) is 3.87. The Kier molecular flexibility index (Phi) is 5.91. The Hall–Kier alpha value is -3.52. The number of nitrogens with zero attached hydrogens (tertiary/aromatic N) is 2. The van der Waals surface area contributed by atoms with E-state index >= 15 is 0 Å². The highest BCUT2D eigenvalue weighted by Crippen LogP contribution is 2.13. The lowest BCUT2D eigenvalue weighted by molar-refractivity contribution is 0.141. The third-order valence-electron chi connectivity index (χ3n) is 3.87. The largest absolute Gasteiger partial charge is 0.445 e. The molecule has 1 heterocycles. The van der Waals surface area contributed by atoms with E-state index < -0.39 is 6.09 Å². The van der Waals surface area contributed by atoms with Crippen molar-refractivity contribution in [2.75, 3.05) is 6.54 Å². The van der Waals surface area contributed by atoms with Gasteiger partial charge in [-0.3, -0.25) is 0 Å². The predicted octanol–water partition coefficient (Wildman–Crippen LogP) is 3.77. The molecule has 136 valence electrons. The lowest BCUT2D eigenvalue weighted by Crippen LogP contribution is -2.24. The van der Waals surface area contributed by atoms with Crippen LogP contribution >= 0.6 is 0 Å². The Morgan fingerprint density at radius 3 is 2.67 bits per heavy atom. The smallest absolute Gasteiger partial charge is 0.408 e. The Balaban J connectivity index is 1.53. The van der Waals surface area contributed by atoms with Crippen LogP contribution in [0.25, 0.3) is 5.69 Å². The van der Waals surface area contributed by atoms with Gasteiger partial charge in [0.1, 0.15) is 6.61 Å². The first-order valence-electron chi connectivity index (χ1n) is 8.69. The topological polar surface area (TPSA) is 56.2 Å². The first-order valence-corrected chi connectivity index (χ1v) is 8.69. The quantitative estimate of drug-likeness (QED) is 0.722. The van der Waals surface area contributed by atoms with Crippen molar-refractivity contribution in [1.82, 2.24) is 15.1 Å². The summed E-state index contributed by atoms with van der Waals surface area (Å²) >= 11 is 0. The fraction of sp³-hybridized carbons (Fsp3) is 0.182. The zero-order valence-electron chi connectivity index (χ0n) is 15.4. The Morgan fingerprint density at radius 1 is 1.11 bits per heavy atom. The van der Waals surface area contributed by atoms with Crippen molar-refractivity contribution >= 4 is 6.09 Å². The molecule has 1 amide bonds. The number of benzene rings is 2. The molecule has 3 rings (SSSR count). The van der Waals surface area contributed by atoms with Crippen LogP contribution in [0.2, 0.25) is 0 Å². The molecule has 5 nitrogen and oxygen atoms in total. The minimum absolute atomic E-state index is 0.220. The molecule has 0 fully saturated rings. The minimum Gasteiger partial charge on any atom is -0.445 e. The number of amides is 1. The standard InChI is InChI=1S/C22H21N3O2/c1-17-14-18(2)25(24-17)21-12-6-10-19(15-21)11-7-13-23-22(26)27-16-20-8-4-3-5-9-20/h3-6,8-10,12,14-15H,13,16H2,1-2H3,(H,23,26). The van der Waals surface area contributed by atoms with Gasteiger partial charge in [-0.1, -0.05) is 48.2 Å². The number of aryl methyl sites for hydroxylation is 2. The van der Waals surface area contributed by atoms with Crippen LogP contribution in [0.5, 0.6) is 0 Å². The van der Waals surface area contributed by atoms with E-state index in [4.69, 9.17) is 4.74 Å². The molecule has 1 N–H and O–H groups in total. The summed E-state index contributed by atoms with van der Waals surface area (Å²) in [7, 11) is 0. The Labute approximate surface area is 159 Å². The maximum Gasteiger partial charge on any atom is 0.408 e. The first-order chi connectivity index (χ1) is 13.1. The van der Waals surface area contributed by atoms with E-state index in [1.165, 1.54) is 0 Å². The van der Waals surface area contributed by atoms with Crippen molar-refractivity contribution < 1.29 is 9.53 Å². The van der Waals surface area contributed by atoms with Crippen molar-refractivity contribution in [2.24, 2.45) is 0 Å². The molecule has 2 aromatic carbocycles. The molecule has 1 aromatic heterocycles. The van der Waals surface area contributed by atoms with Crippen molar-refractivity contribution in [2.45, 2.75) is 20.5 Å². The van der Waals surface area contributed by atoms with Crippen molar-refractivity contribution in [1.29, 1.82) is 0 Å². The lowest BCUT2D eigenvalue weighted by Gasteiger charge is -2.05. The highest BCUT2D eigenvalue weighted by molar-refractivity contribution is 5.67. The normalized spacial score (nSPS) is 10.0. The number of hydrogen-bond acceptors (Lipinski definition) is 3. The zero-order chi connectivity index (χ0) is 19.1. The number of aromatic nitrogens is 2. The summed E-state index contributed by atoms with van der Waals surface area (Å²) in [6, 6.07) is 19.4. The van der Waals surface area contributed by atoms with E-state index in [9.17, 15) is 4.79 Å². The molecule has 0 saturated carbocycles. The SMILES string of the molecule is Cc1cc(C)n(-c2cccc(C#CCNC(=O)OCc3ccccc3)c2)n1. The monoisotopic (exact) mass is 359 g/mol. The van der Waals surface area contributed by atoms with Gasteiger partial charge in [-0.2, -0.15) is 5.10 Å². The van der Waals surface area contributed by atoms with Gasteiger partial charge in [-0.15, -0.1) is 0 Å². The lowest BCUT2D eigenvalue weighted by atomic mass is 10.2. The molecule has 0 unspecified atom stereocenters. The van der Waals surface area contributed by atoms with Crippen molar-refractivity contribution in [3.63, 3.8) is 0 Å². The molecule has 0 aliphatic rings. The van der Waals surface area contributed by atoms with Crippen LogP contribution < -0.4 is 5.32 Å². The molecular formula is C22H21N3O2. The summed E-state index contributed by atoms with van der Waals surface area (Å²) in [6.07, 6.45) is -0.482. The summed E-state index contributed by atoms with van der Waals surface area (Å²) in [6.45, 7) is 4.45. The molecule has 0 atom stereocenters. The van der Waals surface area contributed by atoms with Crippen LogP contribution in [0.4, 0.5) is 4.79 Å². The van der Waals surface area contributed by atoms with Gasteiger partial charge in [0, 0.05) is 11.3 Å². The summed E-state index contributed by atoms with van der Waals surface area (Å²) < 4.78 is 7.03. The van der Waals surface area contributed by atoms with Crippen molar-refractivity contribution in [3.05, 3.63) is 83.2 Å². The van der Waals surface area contributed by atoms with Gasteiger partial charge in [-0.25, -0.2) is 9.48 Å². The van der Waals surface area contributed by atoms with E-state index in [2.05, 4.69) is 22.3 Å². The second-order valence-corrected chi connectivity index (χ2v) is 6.11. The van der Waals surface area contributed by atoms with Crippen LogP contribution in [0.15, 0.2) is 60.7 Å². The van der Waals surface area contributed by atoms with Crippen LogP contribution in [0, 0.1) is 25.7 Å². The number of carbonyl (C=O) groups excluding carboxylic acids is 1. The van der Waals surface area contributed by atoms with Crippen LogP contribution in [0.1, 0.15) is 22.5 Å². The fourth-order valence-electron chi connectivity index (χ4n) is 2.64. The van der Waals surface area contributed by atoms with Gasteiger partial charge in [0.15, 0.2) is 0 Å². The highest BCUT2D eigenvalue weighted by Gasteiger charge is 2.04. The molecule has 0 spiro atoms. The number of nitrogens with one attached hydrogen (secondary N) is 1. The Bertz CT molecular complexity index is 982.